The van der Waals surface area contributed by atoms with Gasteiger partial charge in [0.15, 0.2) is 17.3 Å². The van der Waals surface area contributed by atoms with Crippen molar-refractivity contribution in [2.45, 2.75) is 51.0 Å². The third kappa shape index (κ3) is 6.75. The van der Waals surface area contributed by atoms with Crippen molar-refractivity contribution in [1.29, 1.82) is 0 Å². The first kappa shape index (κ1) is 33.4. The van der Waals surface area contributed by atoms with E-state index in [0.29, 0.717) is 17.1 Å². The smallest absolute Gasteiger partial charge is 0.425 e. The van der Waals surface area contributed by atoms with Crippen molar-refractivity contribution in [1.82, 2.24) is 10.6 Å². The van der Waals surface area contributed by atoms with Gasteiger partial charge in [0.25, 0.3) is 11.4 Å². The Balaban J connectivity index is 2.13. The van der Waals surface area contributed by atoms with Crippen LogP contribution in [-0.2, 0) is 11.2 Å². The van der Waals surface area contributed by atoms with Gasteiger partial charge in [-0.1, -0.05) is 43.1 Å². The molecule has 2 aromatic rings. The molecule has 0 bridgehead atoms. The molecule has 0 unspecified atom stereocenters. The second-order valence-corrected chi connectivity index (χ2v) is 11.3. The summed E-state index contributed by atoms with van der Waals surface area (Å²) in [6.07, 6.45) is -13.2. The molecular weight excluding hydrogens is 613 g/mol. The SMILES string of the molecule is COc1ccc(CCNC2=C(C(NC(=O)c3ccc(Cl)cc3Cl)(C(F)(F)F)C(F)(F)F)C(=O)CC(C)(C)C2)cc1OC. The highest BCUT2D eigenvalue weighted by Crippen LogP contribution is 2.52. The normalized spacial score (nSPS) is 15.9. The number of hydrogen-bond acceptors (Lipinski definition) is 5. The zero-order chi connectivity index (χ0) is 31.7. The zero-order valence-electron chi connectivity index (χ0n) is 22.9. The van der Waals surface area contributed by atoms with Gasteiger partial charge in [0.2, 0.25) is 0 Å². The second kappa shape index (κ2) is 12.2. The van der Waals surface area contributed by atoms with E-state index in [0.717, 1.165) is 23.5 Å². The average Bonchev–Trinajstić information content (AvgIpc) is 2.85. The first-order chi connectivity index (χ1) is 19.4. The summed E-state index contributed by atoms with van der Waals surface area (Å²) < 4.78 is 98.9. The van der Waals surface area contributed by atoms with Crippen molar-refractivity contribution in [3.05, 3.63) is 68.8 Å². The van der Waals surface area contributed by atoms with Crippen LogP contribution in [0, 0.1) is 5.41 Å². The number of allylic oxidation sites excluding steroid dienone is 1. The van der Waals surface area contributed by atoms with E-state index >= 15 is 0 Å². The predicted octanol–water partition coefficient (Wildman–Crippen LogP) is 7.08. The Morgan fingerprint density at radius 3 is 2.10 bits per heavy atom. The van der Waals surface area contributed by atoms with Gasteiger partial charge in [-0.3, -0.25) is 9.59 Å². The van der Waals surface area contributed by atoms with Crippen molar-refractivity contribution >= 4 is 34.9 Å². The van der Waals surface area contributed by atoms with E-state index in [4.69, 9.17) is 32.7 Å². The fourth-order valence-electron chi connectivity index (χ4n) is 4.86. The van der Waals surface area contributed by atoms with E-state index in [1.165, 1.54) is 14.2 Å². The molecule has 42 heavy (non-hydrogen) atoms. The molecule has 3 rings (SSSR count). The molecule has 230 valence electrons. The Hall–Kier alpha value is -3.12. The number of Topliss-reactive ketones (excluding diaryl/α,β-unsaturated/α-hetero) is 1. The molecule has 0 saturated heterocycles. The molecule has 1 aliphatic rings. The lowest BCUT2D eigenvalue weighted by Crippen LogP contribution is -2.70. The van der Waals surface area contributed by atoms with E-state index in [2.05, 4.69) is 5.32 Å². The van der Waals surface area contributed by atoms with E-state index < -0.39 is 63.3 Å². The topological polar surface area (TPSA) is 76.7 Å². The van der Waals surface area contributed by atoms with Gasteiger partial charge < -0.3 is 20.1 Å². The first-order valence-corrected chi connectivity index (χ1v) is 13.2. The maximum atomic E-state index is 14.7. The molecule has 1 aliphatic carbocycles. The van der Waals surface area contributed by atoms with Crippen molar-refractivity contribution in [2.75, 3.05) is 20.8 Å². The highest BCUT2D eigenvalue weighted by atomic mass is 35.5. The third-order valence-corrected chi connectivity index (χ3v) is 7.33. The number of ketones is 1. The number of halogens is 8. The minimum Gasteiger partial charge on any atom is -0.493 e. The molecule has 14 heteroatoms. The standard InChI is InChI=1S/C28H28Cl2F6N2O4/c1-25(2)13-19(37-10-9-15-5-8-21(41-3)22(11-15)42-4)23(20(39)14-25)26(27(31,32)33,28(34,35)36)38-24(40)17-7-6-16(29)12-18(17)30/h5-8,11-12,37H,9-10,13-14H2,1-4H3,(H,38,40). The van der Waals surface area contributed by atoms with Gasteiger partial charge in [0.05, 0.1) is 30.4 Å². The molecule has 0 fully saturated rings. The van der Waals surface area contributed by atoms with Crippen LogP contribution < -0.4 is 20.1 Å². The van der Waals surface area contributed by atoms with Gasteiger partial charge in [-0.25, -0.2) is 0 Å². The second-order valence-electron chi connectivity index (χ2n) is 10.5. The molecule has 0 aliphatic heterocycles. The lowest BCUT2D eigenvalue weighted by atomic mass is 9.70. The lowest BCUT2D eigenvalue weighted by molar-refractivity contribution is -0.290. The molecule has 2 aromatic carbocycles. The molecule has 1 amide bonds. The number of benzene rings is 2. The molecule has 0 heterocycles. The summed E-state index contributed by atoms with van der Waals surface area (Å²) in [6.45, 7) is 2.96. The molecule has 0 saturated carbocycles. The van der Waals surface area contributed by atoms with E-state index in [-0.39, 0.29) is 24.4 Å². The molecule has 0 radical (unpaired) electrons. The van der Waals surface area contributed by atoms with Crippen LogP contribution >= 0.6 is 23.2 Å². The van der Waals surface area contributed by atoms with Crippen LogP contribution in [0.4, 0.5) is 26.3 Å². The fraction of sp³-hybridized carbons (Fsp3) is 0.429. The van der Waals surface area contributed by atoms with Gasteiger partial charge in [0, 0.05) is 23.7 Å². The van der Waals surface area contributed by atoms with Gasteiger partial charge >= 0.3 is 12.4 Å². The molecule has 2 N–H and O–H groups in total. The zero-order valence-corrected chi connectivity index (χ0v) is 24.5. The van der Waals surface area contributed by atoms with Crippen molar-refractivity contribution in [3.8, 4) is 11.5 Å². The van der Waals surface area contributed by atoms with Crippen LogP contribution in [0.25, 0.3) is 0 Å². The van der Waals surface area contributed by atoms with Crippen molar-refractivity contribution < 1.29 is 45.4 Å². The summed E-state index contributed by atoms with van der Waals surface area (Å²) in [4.78, 5) is 26.2. The molecule has 0 spiro atoms. The average molecular weight is 641 g/mol. The molecule has 0 aromatic heterocycles. The maximum absolute atomic E-state index is 14.7. The number of methoxy groups -OCH3 is 2. The Labute approximate surface area is 248 Å². The highest BCUT2D eigenvalue weighted by molar-refractivity contribution is 6.36. The quantitative estimate of drug-likeness (QED) is 0.287. The van der Waals surface area contributed by atoms with Gasteiger partial charge in [0.1, 0.15) is 0 Å². The molecular formula is C28H28Cl2F6N2O4. The van der Waals surface area contributed by atoms with E-state index in [9.17, 15) is 35.9 Å². The third-order valence-electron chi connectivity index (χ3n) is 6.78. The fourth-order valence-corrected chi connectivity index (χ4v) is 5.35. The Morgan fingerprint density at radius 2 is 1.55 bits per heavy atom. The number of ether oxygens (including phenoxy) is 2. The predicted molar refractivity (Wildman–Crippen MR) is 145 cm³/mol. The molecule has 0 atom stereocenters. The van der Waals surface area contributed by atoms with Crippen LogP contribution in [0.2, 0.25) is 10.0 Å². The number of alkyl halides is 6. The summed E-state index contributed by atoms with van der Waals surface area (Å²) in [7, 11) is 2.84. The lowest BCUT2D eigenvalue weighted by Gasteiger charge is -2.43. The summed E-state index contributed by atoms with van der Waals surface area (Å²) in [5, 5.41) is 3.29. The van der Waals surface area contributed by atoms with Crippen LogP contribution in [0.3, 0.4) is 0 Å². The first-order valence-electron chi connectivity index (χ1n) is 12.5. The largest absolute Gasteiger partial charge is 0.493 e. The van der Waals surface area contributed by atoms with Crippen molar-refractivity contribution in [3.63, 3.8) is 0 Å². The Kier molecular flexibility index (Phi) is 9.73. The number of carbonyl (C=O) groups is 2. The Morgan fingerprint density at radius 1 is 0.929 bits per heavy atom. The number of carbonyl (C=O) groups excluding carboxylic acids is 2. The van der Waals surface area contributed by atoms with Crippen LogP contribution in [-0.4, -0.2) is 50.3 Å². The summed E-state index contributed by atoms with van der Waals surface area (Å²) in [5.74, 6) is -2.39. The van der Waals surface area contributed by atoms with Crippen molar-refractivity contribution in [2.24, 2.45) is 5.41 Å². The maximum Gasteiger partial charge on any atom is 0.425 e. The van der Waals surface area contributed by atoms with Gasteiger partial charge in [-0.2, -0.15) is 26.3 Å². The number of rotatable bonds is 9. The summed E-state index contributed by atoms with van der Waals surface area (Å²) in [5.41, 5.74) is -8.27. The van der Waals surface area contributed by atoms with Gasteiger partial charge in [-0.05, 0) is 54.2 Å². The van der Waals surface area contributed by atoms with E-state index in [1.54, 1.807) is 32.0 Å². The van der Waals surface area contributed by atoms with Crippen LogP contribution in [0.5, 0.6) is 11.5 Å². The number of amides is 1. The number of hydrogen-bond donors (Lipinski definition) is 2. The minimum absolute atomic E-state index is 0.00261. The summed E-state index contributed by atoms with van der Waals surface area (Å²) >= 11 is 11.7. The monoisotopic (exact) mass is 640 g/mol. The van der Waals surface area contributed by atoms with Crippen LogP contribution in [0.1, 0.15) is 42.6 Å². The summed E-state index contributed by atoms with van der Waals surface area (Å²) in [6, 6.07) is 7.83. The van der Waals surface area contributed by atoms with E-state index in [1.807, 2.05) is 0 Å². The molecule has 6 nitrogen and oxygen atoms in total. The Bertz CT molecular complexity index is 1380. The minimum atomic E-state index is -6.18. The van der Waals surface area contributed by atoms with Crippen LogP contribution in [0.15, 0.2) is 47.7 Å². The highest BCUT2D eigenvalue weighted by Gasteiger charge is 2.76. The number of nitrogens with one attached hydrogen (secondary N) is 2. The van der Waals surface area contributed by atoms with Gasteiger partial charge in [-0.15, -0.1) is 0 Å².